The van der Waals surface area contributed by atoms with Crippen molar-refractivity contribution in [3.63, 3.8) is 0 Å². The Hall–Kier alpha value is -5.30. The van der Waals surface area contributed by atoms with Crippen molar-refractivity contribution < 1.29 is 38.7 Å². The van der Waals surface area contributed by atoms with Gasteiger partial charge in [0.05, 0.1) is 34.5 Å². The van der Waals surface area contributed by atoms with Crippen molar-refractivity contribution in [3.8, 4) is 5.75 Å². The van der Waals surface area contributed by atoms with Gasteiger partial charge in [0.1, 0.15) is 11.6 Å². The Balaban J connectivity index is 1.33. The van der Waals surface area contributed by atoms with Gasteiger partial charge in [-0.3, -0.25) is 29.5 Å². The van der Waals surface area contributed by atoms with Crippen molar-refractivity contribution in [2.75, 3.05) is 10.3 Å². The fourth-order valence-electron chi connectivity index (χ4n) is 9.27. The maximum atomic E-state index is 15.3. The number of allylic oxidation sites excluding steroid dienone is 2. The lowest BCUT2D eigenvalue weighted by Gasteiger charge is -2.50. The summed E-state index contributed by atoms with van der Waals surface area (Å²) in [5.41, 5.74) is 5.02. The molecule has 2 heterocycles. The molecule has 0 bridgehead atoms. The molecule has 2 aliphatic heterocycles. The number of amides is 4. The first kappa shape index (κ1) is 34.8. The number of nitrogens with zero attached hydrogens (tertiary/aromatic N) is 2. The van der Waals surface area contributed by atoms with E-state index in [4.69, 9.17) is 11.6 Å². The van der Waals surface area contributed by atoms with Crippen LogP contribution in [0.2, 0.25) is 5.02 Å². The second-order valence-corrected chi connectivity index (χ2v) is 14.8. The standard InChI is InChI=1S/C40H34BClFN3O7/c1-20-16-22(17-21(2)35(20)47)34-29-14-15-30-33(38(50)45(36(30)48)28-5-3-4-24(18-28)41(52)53)31(29)19-32-37(49)46(44-27-12-10-26(43)11-13-27)39(51)40(32,34)23-6-8-25(42)9-7-23/h3-14,16-18,30-34,44,47,52-53H,15,19H2,1-2H3. The van der Waals surface area contributed by atoms with Crippen LogP contribution < -0.4 is 15.8 Å². The smallest absolute Gasteiger partial charge is 0.488 e. The highest BCUT2D eigenvalue weighted by Crippen LogP contribution is 2.64. The molecule has 13 heteroatoms. The van der Waals surface area contributed by atoms with Gasteiger partial charge in [0.15, 0.2) is 0 Å². The van der Waals surface area contributed by atoms with Gasteiger partial charge in [-0.1, -0.05) is 59.6 Å². The van der Waals surface area contributed by atoms with Gasteiger partial charge in [-0.15, -0.1) is 0 Å². The average Bonchev–Trinajstić information content (AvgIpc) is 3.52. The average molecular weight is 734 g/mol. The van der Waals surface area contributed by atoms with Gasteiger partial charge < -0.3 is 15.2 Å². The first-order valence-electron chi connectivity index (χ1n) is 17.3. The summed E-state index contributed by atoms with van der Waals surface area (Å²) in [4.78, 5) is 59.8. The number of carbonyl (C=O) groups is 4. The molecule has 1 saturated carbocycles. The quantitative estimate of drug-likeness (QED) is 0.127. The fourth-order valence-corrected chi connectivity index (χ4v) is 9.39. The third-order valence-corrected chi connectivity index (χ3v) is 11.8. The Bertz CT molecular complexity index is 2220. The van der Waals surface area contributed by atoms with Gasteiger partial charge >= 0.3 is 7.12 Å². The van der Waals surface area contributed by atoms with Crippen molar-refractivity contribution >= 4 is 59.2 Å². The number of aryl methyl sites for hydroxylation is 2. The molecule has 2 saturated heterocycles. The van der Waals surface area contributed by atoms with Crippen LogP contribution in [0.1, 0.15) is 41.0 Å². The topological polar surface area (TPSA) is 147 Å². The number of aromatic hydroxyl groups is 1. The molecule has 10 nitrogen and oxygen atoms in total. The minimum Gasteiger partial charge on any atom is -0.507 e. The zero-order chi connectivity index (χ0) is 37.5. The molecule has 6 unspecified atom stereocenters. The second-order valence-electron chi connectivity index (χ2n) is 14.4. The molecule has 2 aliphatic carbocycles. The summed E-state index contributed by atoms with van der Waals surface area (Å²) in [6, 6.07) is 21.6. The van der Waals surface area contributed by atoms with Crippen molar-refractivity contribution in [1.29, 1.82) is 0 Å². The number of fused-ring (bicyclic) bond motifs is 4. The molecule has 0 aromatic heterocycles. The lowest BCUT2D eigenvalue weighted by atomic mass is 9.49. The van der Waals surface area contributed by atoms with Gasteiger partial charge in [0.2, 0.25) is 11.8 Å². The number of phenols is 1. The van der Waals surface area contributed by atoms with Crippen LogP contribution in [0, 0.1) is 43.3 Å². The van der Waals surface area contributed by atoms with Crippen LogP contribution in [-0.2, 0) is 24.6 Å². The zero-order valence-corrected chi connectivity index (χ0v) is 29.4. The lowest BCUT2D eigenvalue weighted by Crippen LogP contribution is -2.53. The Morgan fingerprint density at radius 1 is 0.868 bits per heavy atom. The summed E-state index contributed by atoms with van der Waals surface area (Å²) in [5, 5.41) is 31.9. The van der Waals surface area contributed by atoms with Gasteiger partial charge in [0, 0.05) is 10.9 Å². The number of anilines is 2. The molecule has 4 amide bonds. The Kier molecular flexibility index (Phi) is 8.32. The van der Waals surface area contributed by atoms with Crippen LogP contribution >= 0.6 is 11.6 Å². The number of imide groups is 2. The van der Waals surface area contributed by atoms with Gasteiger partial charge in [0.25, 0.3) is 11.8 Å². The zero-order valence-electron chi connectivity index (χ0n) is 28.7. The number of benzene rings is 4. The number of hydrogen-bond donors (Lipinski definition) is 4. The molecule has 4 aliphatic rings. The van der Waals surface area contributed by atoms with Crippen LogP contribution in [0.5, 0.6) is 5.75 Å². The fraction of sp³-hybridized carbons (Fsp3) is 0.250. The maximum Gasteiger partial charge on any atom is 0.488 e. The van der Waals surface area contributed by atoms with E-state index in [2.05, 4.69) is 5.43 Å². The van der Waals surface area contributed by atoms with E-state index < -0.39 is 71.6 Å². The summed E-state index contributed by atoms with van der Waals surface area (Å²) >= 11 is 6.36. The van der Waals surface area contributed by atoms with Crippen LogP contribution in [0.25, 0.3) is 0 Å². The Morgan fingerprint density at radius 2 is 1.55 bits per heavy atom. The second kappa shape index (κ2) is 12.7. The van der Waals surface area contributed by atoms with Crippen LogP contribution in [-0.4, -0.2) is 50.9 Å². The summed E-state index contributed by atoms with van der Waals surface area (Å²) < 4.78 is 13.9. The number of nitrogens with one attached hydrogen (secondary N) is 1. The summed E-state index contributed by atoms with van der Waals surface area (Å²) in [6.45, 7) is 3.50. The number of rotatable bonds is 6. The number of carbonyl (C=O) groups excluding carboxylic acids is 4. The maximum absolute atomic E-state index is 15.3. The monoisotopic (exact) mass is 733 g/mol. The van der Waals surface area contributed by atoms with E-state index >= 15 is 4.79 Å². The van der Waals surface area contributed by atoms with Gasteiger partial charge in [-0.25, -0.2) is 4.39 Å². The lowest BCUT2D eigenvalue weighted by molar-refractivity contribution is -0.138. The van der Waals surface area contributed by atoms with Crippen LogP contribution in [0.3, 0.4) is 0 Å². The molecule has 3 fully saturated rings. The predicted octanol–water partition coefficient (Wildman–Crippen LogP) is 4.67. The molecule has 4 N–H and O–H groups in total. The molecular formula is C40H34BClFN3O7. The third kappa shape index (κ3) is 5.22. The molecule has 4 aromatic carbocycles. The molecule has 0 spiro atoms. The SMILES string of the molecule is Cc1cc(C2C3=CCC4C(=O)N(c5cccc(B(O)O)c5)C(=O)C4C3CC3C(=O)N(Nc4ccc(F)cc4)C(=O)C32c2ccc(Cl)cc2)cc(C)c1O. The molecular weight excluding hydrogens is 700 g/mol. The van der Waals surface area contributed by atoms with Crippen molar-refractivity contribution in [1.82, 2.24) is 5.01 Å². The largest absolute Gasteiger partial charge is 0.507 e. The highest BCUT2D eigenvalue weighted by atomic mass is 35.5. The number of hydrogen-bond acceptors (Lipinski definition) is 8. The van der Waals surface area contributed by atoms with Crippen molar-refractivity contribution in [2.24, 2.45) is 23.7 Å². The minimum atomic E-state index is -1.81. The molecule has 4 aromatic rings. The first-order chi connectivity index (χ1) is 25.3. The molecule has 6 atom stereocenters. The van der Waals surface area contributed by atoms with E-state index in [1.807, 2.05) is 6.08 Å². The van der Waals surface area contributed by atoms with Crippen molar-refractivity contribution in [3.05, 3.63) is 130 Å². The third-order valence-electron chi connectivity index (χ3n) is 11.5. The van der Waals surface area contributed by atoms with E-state index in [-0.39, 0.29) is 29.7 Å². The summed E-state index contributed by atoms with van der Waals surface area (Å²) in [5.74, 6) is -6.56. The molecule has 268 valence electrons. The van der Waals surface area contributed by atoms with Crippen molar-refractivity contribution in [2.45, 2.75) is 38.0 Å². The van der Waals surface area contributed by atoms with E-state index in [1.54, 1.807) is 56.3 Å². The first-order valence-corrected chi connectivity index (χ1v) is 17.7. The highest BCUT2D eigenvalue weighted by Gasteiger charge is 2.70. The van der Waals surface area contributed by atoms with E-state index in [9.17, 15) is 33.9 Å². The van der Waals surface area contributed by atoms with E-state index in [1.165, 1.54) is 42.5 Å². The summed E-state index contributed by atoms with van der Waals surface area (Å²) in [7, 11) is -1.81. The highest BCUT2D eigenvalue weighted by molar-refractivity contribution is 6.58. The van der Waals surface area contributed by atoms with Gasteiger partial charge in [-0.05, 0) is 109 Å². The Labute approximate surface area is 309 Å². The predicted molar refractivity (Wildman–Crippen MR) is 195 cm³/mol. The molecule has 53 heavy (non-hydrogen) atoms. The van der Waals surface area contributed by atoms with Crippen LogP contribution in [0.15, 0.2) is 96.6 Å². The van der Waals surface area contributed by atoms with Gasteiger partial charge in [-0.2, -0.15) is 5.01 Å². The van der Waals surface area contributed by atoms with Crippen LogP contribution in [0.4, 0.5) is 15.8 Å². The van der Waals surface area contributed by atoms with E-state index in [0.717, 1.165) is 15.5 Å². The number of halogens is 2. The molecule has 8 rings (SSSR count). The summed E-state index contributed by atoms with van der Waals surface area (Å²) in [6.07, 6.45) is 2.17. The van der Waals surface area contributed by atoms with E-state index in [0.29, 0.717) is 33.0 Å². The molecule has 0 radical (unpaired) electrons. The minimum absolute atomic E-state index is 0.0522. The normalized spacial score (nSPS) is 26.3. The Morgan fingerprint density at radius 3 is 2.21 bits per heavy atom. The number of phenolic OH excluding ortho intramolecular Hbond substituents is 1. The number of hydrazine groups is 1.